The van der Waals surface area contributed by atoms with Crippen LogP contribution in [0, 0.1) is 0 Å². The van der Waals surface area contributed by atoms with E-state index in [0.717, 1.165) is 35.5 Å². The molecule has 3 N–H and O–H groups in total. The van der Waals surface area contributed by atoms with Crippen molar-refractivity contribution in [2.24, 2.45) is 0 Å². The summed E-state index contributed by atoms with van der Waals surface area (Å²) in [6, 6.07) is 23.2. The van der Waals surface area contributed by atoms with Crippen molar-refractivity contribution in [1.29, 1.82) is 0 Å². The van der Waals surface area contributed by atoms with Gasteiger partial charge in [0.1, 0.15) is 11.5 Å². The molecule has 0 saturated heterocycles. The molecule has 1 amide bonds. The minimum atomic E-state index is -1.04. The van der Waals surface area contributed by atoms with Crippen LogP contribution in [0.5, 0.6) is 5.75 Å². The van der Waals surface area contributed by atoms with E-state index < -0.39 is 5.97 Å². The number of carboxylic acids is 1. The van der Waals surface area contributed by atoms with Crippen molar-refractivity contribution in [3.63, 3.8) is 0 Å². The molecule has 50 heavy (non-hydrogen) atoms. The van der Waals surface area contributed by atoms with Gasteiger partial charge in [-0.15, -0.1) is 0 Å². The van der Waals surface area contributed by atoms with Crippen LogP contribution in [0.2, 0.25) is 10.0 Å². The van der Waals surface area contributed by atoms with Crippen LogP contribution in [0.1, 0.15) is 48.7 Å². The second-order valence-corrected chi connectivity index (χ2v) is 10.8. The number of carbonyl (C=O) groups excluding carboxylic acids is 3. The smallest absolute Gasteiger partial charge is 0.857 e. The van der Waals surface area contributed by atoms with E-state index >= 15 is 0 Å². The number of methoxy groups -OCH3 is 1. The summed E-state index contributed by atoms with van der Waals surface area (Å²) >= 11 is 11.7. The number of carbonyl (C=O) groups is 4. The number of ketones is 2. The van der Waals surface area contributed by atoms with Crippen molar-refractivity contribution in [2.75, 3.05) is 27.9 Å². The Bertz CT molecular complexity index is 1610. The number of aliphatic hydroxyl groups is 1. The standard InChI is InChI=1S/C20H20ClN3O3.C12H11ClO4.C2H6O.CH3O.Na/c1-23(26)20(25)12-7-16-13-19(14-3-5-15(21)6-4-14)24(22-16)17-8-10-18(27-2)11-9-17;13-9-3-1-8(2-4-9)11(15)7-10(14)5-6-12(16)17;1-2-3;1-2;/h3-6,8-11,13,26H,7,12H2,1-2H3;1-4H,5-7H2,(H,16,17);3H,2H2,1H3;1H3;/q;;;-1;+1. The van der Waals surface area contributed by atoms with Gasteiger partial charge >= 0.3 is 35.5 Å². The third-order valence-electron chi connectivity index (χ3n) is 6.31. The third-order valence-corrected chi connectivity index (χ3v) is 6.82. The first-order chi connectivity index (χ1) is 23.4. The topological polar surface area (TPSA) is 182 Å². The van der Waals surface area contributed by atoms with Gasteiger partial charge in [-0.1, -0.05) is 35.3 Å². The van der Waals surface area contributed by atoms with Gasteiger partial charge < -0.3 is 20.1 Å². The number of hydrogen-bond acceptors (Lipinski definition) is 9. The van der Waals surface area contributed by atoms with Gasteiger partial charge in [-0.05, 0) is 73.7 Å². The van der Waals surface area contributed by atoms with E-state index in [9.17, 15) is 24.4 Å². The molecule has 4 rings (SSSR count). The van der Waals surface area contributed by atoms with Crippen LogP contribution in [0.4, 0.5) is 0 Å². The zero-order chi connectivity index (χ0) is 36.9. The summed E-state index contributed by atoms with van der Waals surface area (Å²) < 4.78 is 7.04. The van der Waals surface area contributed by atoms with Gasteiger partial charge in [0.2, 0.25) is 5.91 Å². The number of aliphatic hydroxyl groups excluding tert-OH is 1. The van der Waals surface area contributed by atoms with Crippen molar-refractivity contribution in [1.82, 2.24) is 14.8 Å². The average Bonchev–Trinajstić information content (AvgIpc) is 3.52. The zero-order valence-corrected chi connectivity index (χ0v) is 32.1. The van der Waals surface area contributed by atoms with Gasteiger partial charge in [0.05, 0.1) is 37.0 Å². The van der Waals surface area contributed by atoms with E-state index in [1.54, 1.807) is 26.2 Å². The number of hydroxylamine groups is 2. The molecule has 0 radical (unpaired) electrons. The summed E-state index contributed by atoms with van der Waals surface area (Å²) in [5.41, 5.74) is 3.87. The average molecular weight is 741 g/mol. The van der Waals surface area contributed by atoms with Gasteiger partial charge in [-0.25, -0.2) is 9.75 Å². The molecule has 3 aromatic carbocycles. The normalized spacial score (nSPS) is 9.62. The van der Waals surface area contributed by atoms with Crippen LogP contribution in [0.25, 0.3) is 16.9 Å². The Labute approximate surface area is 323 Å². The molecule has 0 unspecified atom stereocenters. The molecular weight excluding hydrogens is 700 g/mol. The van der Waals surface area contributed by atoms with Gasteiger partial charge in [0.25, 0.3) is 0 Å². The van der Waals surface area contributed by atoms with Crippen molar-refractivity contribution in [3.8, 4) is 22.7 Å². The third kappa shape index (κ3) is 16.9. The van der Waals surface area contributed by atoms with E-state index in [1.165, 1.54) is 19.2 Å². The predicted molar refractivity (Wildman–Crippen MR) is 184 cm³/mol. The van der Waals surface area contributed by atoms with Crippen LogP contribution < -0.4 is 39.4 Å². The molecule has 0 fully saturated rings. The minimum absolute atomic E-state index is 0. The summed E-state index contributed by atoms with van der Waals surface area (Å²) in [7, 11) is 3.69. The first kappa shape index (κ1) is 46.4. The van der Waals surface area contributed by atoms with Crippen molar-refractivity contribution < 1.29 is 74.0 Å². The molecule has 0 saturated carbocycles. The number of amides is 1. The summed E-state index contributed by atoms with van der Waals surface area (Å²) in [4.78, 5) is 44.8. The van der Waals surface area contributed by atoms with Crippen LogP contribution >= 0.6 is 23.2 Å². The van der Waals surface area contributed by atoms with Crippen LogP contribution in [0.15, 0.2) is 78.9 Å². The summed E-state index contributed by atoms with van der Waals surface area (Å²) in [5, 5.41) is 39.9. The number of aryl methyl sites for hydroxylation is 1. The molecule has 264 valence electrons. The quantitative estimate of drug-likeness (QED) is 0.0641. The van der Waals surface area contributed by atoms with E-state index in [-0.39, 0.29) is 79.3 Å². The Morgan fingerprint density at radius 3 is 1.88 bits per heavy atom. The predicted octanol–water partition coefficient (Wildman–Crippen LogP) is 2.31. The molecular formula is C35H40Cl2N3NaO9. The SMILES string of the molecule is CCO.COc1ccc(-n2nc(CCC(=O)N(C)O)cc2-c2ccc(Cl)cc2)cc1.C[O-].O=C(O)CCC(=O)CC(=O)c1ccc(Cl)cc1.[Na+]. The molecule has 0 aliphatic carbocycles. The summed E-state index contributed by atoms with van der Waals surface area (Å²) in [6.45, 7) is 1.93. The summed E-state index contributed by atoms with van der Waals surface area (Å²) in [5.74, 6) is -1.33. The molecule has 1 aromatic heterocycles. The second kappa shape index (κ2) is 25.4. The van der Waals surface area contributed by atoms with E-state index in [4.69, 9.17) is 43.3 Å². The number of rotatable bonds is 12. The molecule has 0 aliphatic rings. The number of hydrogen-bond donors (Lipinski definition) is 3. The van der Waals surface area contributed by atoms with Crippen molar-refractivity contribution in [2.45, 2.75) is 39.0 Å². The van der Waals surface area contributed by atoms with Crippen molar-refractivity contribution in [3.05, 3.63) is 100 Å². The Morgan fingerprint density at radius 2 is 1.40 bits per heavy atom. The maximum Gasteiger partial charge on any atom is 1.00 e. The minimum Gasteiger partial charge on any atom is -0.857 e. The van der Waals surface area contributed by atoms with Gasteiger partial charge in [-0.3, -0.25) is 24.4 Å². The van der Waals surface area contributed by atoms with Gasteiger partial charge in [0, 0.05) is 54.1 Å². The van der Waals surface area contributed by atoms with E-state index in [1.807, 2.05) is 59.3 Å². The first-order valence-corrected chi connectivity index (χ1v) is 15.6. The van der Waals surface area contributed by atoms with E-state index in [0.29, 0.717) is 27.1 Å². The second-order valence-electron chi connectivity index (χ2n) is 9.91. The fourth-order valence-electron chi connectivity index (χ4n) is 3.95. The monoisotopic (exact) mass is 739 g/mol. The van der Waals surface area contributed by atoms with E-state index in [2.05, 4.69) is 5.10 Å². The fourth-order valence-corrected chi connectivity index (χ4v) is 4.20. The zero-order valence-electron chi connectivity index (χ0n) is 28.6. The molecule has 0 bridgehead atoms. The molecule has 15 heteroatoms. The number of halogens is 2. The number of nitrogens with zero attached hydrogens (tertiary/aromatic N) is 3. The number of benzene rings is 3. The first-order valence-electron chi connectivity index (χ1n) is 14.9. The molecule has 4 aromatic rings. The Balaban J connectivity index is 0.000000901. The van der Waals surface area contributed by atoms with Crippen LogP contribution in [-0.4, -0.2) is 81.6 Å². The number of aromatic nitrogens is 2. The summed E-state index contributed by atoms with van der Waals surface area (Å²) in [6.07, 6.45) is -0.0313. The number of Topliss-reactive ketones (excluding diaryl/α,β-unsaturated/α-hetero) is 2. The maximum atomic E-state index is 11.7. The molecule has 1 heterocycles. The number of aliphatic carboxylic acids is 1. The van der Waals surface area contributed by atoms with Gasteiger partial charge in [0.15, 0.2) is 5.78 Å². The van der Waals surface area contributed by atoms with Gasteiger partial charge in [-0.2, -0.15) is 12.2 Å². The number of ether oxygens (including phenoxy) is 1. The number of carboxylic acid groups (broad SMARTS) is 1. The Kier molecular flexibility index (Phi) is 23.6. The van der Waals surface area contributed by atoms with Crippen LogP contribution in [-0.2, 0) is 20.8 Å². The largest absolute Gasteiger partial charge is 1.00 e. The molecule has 0 spiro atoms. The molecule has 0 aliphatic heterocycles. The molecule has 12 nitrogen and oxygen atoms in total. The Morgan fingerprint density at radius 1 is 0.880 bits per heavy atom. The maximum absolute atomic E-state index is 11.7. The molecule has 0 atom stereocenters. The fraction of sp³-hybridized carbons (Fsp3) is 0.286. The van der Waals surface area contributed by atoms with Crippen molar-refractivity contribution >= 4 is 46.6 Å². The van der Waals surface area contributed by atoms with Crippen LogP contribution in [0.3, 0.4) is 0 Å². The Hall–Kier alpha value is -3.59.